The Morgan fingerprint density at radius 1 is 0.609 bits per heavy atom. The zero-order valence-corrected chi connectivity index (χ0v) is 27.2. The van der Waals surface area contributed by atoms with Gasteiger partial charge in [0.15, 0.2) is 0 Å². The molecule has 0 bridgehead atoms. The van der Waals surface area contributed by atoms with Gasteiger partial charge in [-0.2, -0.15) is 0 Å². The Hall–Kier alpha value is -4.56. The third-order valence-corrected chi connectivity index (χ3v) is 11.1. The van der Waals surface area contributed by atoms with Crippen molar-refractivity contribution in [2.24, 2.45) is 13.0 Å². The third kappa shape index (κ3) is 4.53. The molecule has 2 aromatic heterocycles. The number of hydrogen-bond donors (Lipinski definition) is 0. The van der Waals surface area contributed by atoms with Gasteiger partial charge < -0.3 is 9.13 Å². The van der Waals surface area contributed by atoms with Crippen molar-refractivity contribution in [1.29, 1.82) is 0 Å². The Kier molecular flexibility index (Phi) is 6.66. The smallest absolute Gasteiger partial charge is 0.0489 e. The first kappa shape index (κ1) is 27.7. The fourth-order valence-corrected chi connectivity index (χ4v) is 8.68. The Morgan fingerprint density at radius 2 is 1.22 bits per heavy atom. The van der Waals surface area contributed by atoms with E-state index >= 15 is 0 Å². The van der Waals surface area contributed by atoms with E-state index in [9.17, 15) is 0 Å². The average Bonchev–Trinajstić information content (AvgIpc) is 3.59. The van der Waals surface area contributed by atoms with E-state index in [0.29, 0.717) is 5.92 Å². The van der Waals surface area contributed by atoms with Crippen LogP contribution in [0.1, 0.15) is 85.5 Å². The van der Waals surface area contributed by atoms with Crippen LogP contribution in [0, 0.1) is 5.92 Å². The number of hydrogen-bond acceptors (Lipinski definition) is 0. The van der Waals surface area contributed by atoms with Crippen LogP contribution in [0.5, 0.6) is 0 Å². The molecule has 46 heavy (non-hydrogen) atoms. The van der Waals surface area contributed by atoms with Gasteiger partial charge in [0.05, 0.1) is 0 Å². The van der Waals surface area contributed by atoms with Crippen molar-refractivity contribution in [3.8, 4) is 0 Å². The van der Waals surface area contributed by atoms with Crippen LogP contribution in [-0.4, -0.2) is 9.13 Å². The van der Waals surface area contributed by atoms with Crippen molar-refractivity contribution < 1.29 is 0 Å². The van der Waals surface area contributed by atoms with Gasteiger partial charge in [-0.25, -0.2) is 0 Å². The van der Waals surface area contributed by atoms with Crippen LogP contribution >= 0.6 is 0 Å². The Balaban J connectivity index is 1.18. The van der Waals surface area contributed by atoms with Gasteiger partial charge in [-0.1, -0.05) is 67.7 Å². The number of nitrogens with zero attached hydrogens (tertiary/aromatic N) is 2. The van der Waals surface area contributed by atoms with E-state index in [1.54, 1.807) is 5.57 Å². The molecule has 0 N–H and O–H groups in total. The second-order valence-electron chi connectivity index (χ2n) is 14.0. The largest absolute Gasteiger partial charge is 0.344 e. The summed E-state index contributed by atoms with van der Waals surface area (Å²) in [6.07, 6.45) is 35.9. The predicted octanol–water partition coefficient (Wildman–Crippen LogP) is 11.4. The van der Waals surface area contributed by atoms with Crippen molar-refractivity contribution in [2.75, 3.05) is 0 Å². The van der Waals surface area contributed by atoms with Crippen LogP contribution < -0.4 is 0 Å². The summed E-state index contributed by atoms with van der Waals surface area (Å²) in [5.41, 5.74) is 18.8. The zero-order valence-electron chi connectivity index (χ0n) is 27.2. The van der Waals surface area contributed by atoms with Crippen molar-refractivity contribution >= 4 is 50.8 Å². The maximum Gasteiger partial charge on any atom is 0.0489 e. The lowest BCUT2D eigenvalue weighted by atomic mass is 9.85. The van der Waals surface area contributed by atoms with E-state index in [1.165, 1.54) is 77.9 Å². The molecule has 228 valence electrons. The number of aromatic nitrogens is 2. The lowest BCUT2D eigenvalue weighted by Crippen LogP contribution is -2.13. The molecule has 0 aliphatic heterocycles. The summed E-state index contributed by atoms with van der Waals surface area (Å²) in [6.45, 7) is 2.35. The van der Waals surface area contributed by atoms with Crippen molar-refractivity contribution in [1.82, 2.24) is 9.13 Å². The molecule has 1 unspecified atom stereocenters. The van der Waals surface area contributed by atoms with E-state index in [1.807, 2.05) is 0 Å². The number of benzene rings is 2. The lowest BCUT2D eigenvalue weighted by Gasteiger charge is -2.24. The monoisotopic (exact) mass is 598 g/mol. The van der Waals surface area contributed by atoms with Crippen molar-refractivity contribution in [3.05, 3.63) is 136 Å². The van der Waals surface area contributed by atoms with Crippen molar-refractivity contribution in [3.63, 3.8) is 0 Å². The van der Waals surface area contributed by atoms with Crippen LogP contribution in [0.2, 0.25) is 0 Å². The summed E-state index contributed by atoms with van der Waals surface area (Å²) in [4.78, 5) is 0. The second kappa shape index (κ2) is 11.1. The van der Waals surface area contributed by atoms with E-state index in [4.69, 9.17) is 0 Å². The van der Waals surface area contributed by atoms with Gasteiger partial charge in [0.25, 0.3) is 0 Å². The first-order valence-corrected chi connectivity index (χ1v) is 17.4. The minimum atomic E-state index is 0.580. The van der Waals surface area contributed by atoms with Gasteiger partial charge in [-0.15, -0.1) is 0 Å². The molecule has 0 fully saturated rings. The Bertz CT molecular complexity index is 2190. The van der Waals surface area contributed by atoms with Crippen molar-refractivity contribution in [2.45, 2.75) is 64.7 Å². The van der Waals surface area contributed by atoms with Gasteiger partial charge in [0.2, 0.25) is 0 Å². The molecule has 0 radical (unpaired) electrons. The zero-order chi connectivity index (χ0) is 30.8. The molecule has 5 aliphatic rings. The highest BCUT2D eigenvalue weighted by Gasteiger charge is 2.29. The molecule has 0 amide bonds. The quantitative estimate of drug-likeness (QED) is 0.221. The van der Waals surface area contributed by atoms with Crippen LogP contribution in [0.15, 0.2) is 102 Å². The molecule has 0 saturated heterocycles. The predicted molar refractivity (Wildman–Crippen MR) is 197 cm³/mol. The van der Waals surface area contributed by atoms with E-state index < -0.39 is 0 Å². The molecule has 0 saturated carbocycles. The molecule has 0 spiro atoms. The summed E-state index contributed by atoms with van der Waals surface area (Å²) < 4.78 is 5.05. The molecule has 2 heterocycles. The highest BCUT2D eigenvalue weighted by atomic mass is 15.0. The van der Waals surface area contributed by atoms with Gasteiger partial charge in [-0.05, 0) is 140 Å². The molecule has 1 atom stereocenters. The van der Waals surface area contributed by atoms with Gasteiger partial charge >= 0.3 is 0 Å². The normalized spacial score (nSPS) is 20.7. The maximum atomic E-state index is 2.69. The van der Waals surface area contributed by atoms with Crippen LogP contribution in [0.3, 0.4) is 0 Å². The fraction of sp³-hybridized carbons (Fsp3) is 0.273. The maximum absolute atomic E-state index is 2.69. The number of aryl methyl sites for hydroxylation is 1. The Morgan fingerprint density at radius 3 is 1.85 bits per heavy atom. The number of rotatable bonds is 4. The number of fused-ring (bicyclic) bond motifs is 6. The minimum Gasteiger partial charge on any atom is -0.344 e. The lowest BCUT2D eigenvalue weighted by molar-refractivity contribution is 0.700. The Labute approximate surface area is 272 Å². The topological polar surface area (TPSA) is 9.86 Å². The highest BCUT2D eigenvalue weighted by Crippen LogP contribution is 2.44. The number of allylic oxidation sites excluding steroid dienone is 14. The molecule has 2 heteroatoms. The molecular formula is C44H42N2. The second-order valence-corrected chi connectivity index (χ2v) is 14.0. The van der Waals surface area contributed by atoms with E-state index in [0.717, 1.165) is 57.8 Å². The van der Waals surface area contributed by atoms with Gasteiger partial charge in [-0.3, -0.25) is 0 Å². The van der Waals surface area contributed by atoms with Crippen LogP contribution in [0.4, 0.5) is 0 Å². The average molecular weight is 599 g/mol. The van der Waals surface area contributed by atoms with Gasteiger partial charge in [0, 0.05) is 57.1 Å². The third-order valence-electron chi connectivity index (χ3n) is 11.1. The van der Waals surface area contributed by atoms with Gasteiger partial charge in [0.1, 0.15) is 0 Å². The fourth-order valence-electron chi connectivity index (χ4n) is 8.68. The SMILES string of the molecule is CC1C=CC=C(n2c3c(c4c2CCC(c2ccc5c(c2)c2cc(C6=CC=CCC6)ccc2n5C)=C4)C=C(C2=CC=CCC2)CC3)C1. The first-order valence-electron chi connectivity index (χ1n) is 17.4. The summed E-state index contributed by atoms with van der Waals surface area (Å²) in [5, 5.41) is 2.73. The first-order chi connectivity index (χ1) is 22.6. The standard InChI is InChI=1S/C44H42N2/c1-29-10-9-15-36(24-29)46-43-22-18-33(31-13-7-4-8-14-31)26-39(43)40-28-35(19-23-44(40)46)34-17-21-42-38(27-34)37-25-32(16-20-41(37)45(42)2)30-11-5-3-6-12-30/h3-5,7,9-11,13,15-17,20-21,25-29H,6,8,12,14,18-19,22-24H2,1-2H3. The molecular weight excluding hydrogens is 556 g/mol. The molecule has 4 aromatic rings. The summed E-state index contributed by atoms with van der Waals surface area (Å²) in [6, 6.07) is 14.3. The van der Waals surface area contributed by atoms with E-state index in [2.05, 4.69) is 126 Å². The summed E-state index contributed by atoms with van der Waals surface area (Å²) in [5.74, 6) is 0.580. The summed E-state index contributed by atoms with van der Waals surface area (Å²) in [7, 11) is 2.21. The van der Waals surface area contributed by atoms with E-state index in [-0.39, 0.29) is 0 Å². The minimum absolute atomic E-state index is 0.580. The molecule has 2 aromatic carbocycles. The molecule has 2 nitrogen and oxygen atoms in total. The molecule has 9 rings (SSSR count). The van der Waals surface area contributed by atoms with Crippen LogP contribution in [0.25, 0.3) is 50.8 Å². The highest BCUT2D eigenvalue weighted by molar-refractivity contribution is 6.10. The molecule has 5 aliphatic carbocycles. The summed E-state index contributed by atoms with van der Waals surface area (Å²) >= 11 is 0. The van der Waals surface area contributed by atoms with Crippen LogP contribution in [-0.2, 0) is 19.9 Å².